The van der Waals surface area contributed by atoms with Crippen molar-refractivity contribution < 1.29 is 9.84 Å². The number of rotatable bonds is 4. The van der Waals surface area contributed by atoms with Gasteiger partial charge in [-0.05, 0) is 18.4 Å². The maximum Gasteiger partial charge on any atom is 0.133 e. The van der Waals surface area contributed by atoms with E-state index in [4.69, 9.17) is 4.74 Å². The van der Waals surface area contributed by atoms with Crippen molar-refractivity contribution in [1.82, 2.24) is 4.98 Å². The lowest BCUT2D eigenvalue weighted by Crippen LogP contribution is -2.02. The number of benzene rings is 2. The molecule has 1 unspecified atom stereocenters. The lowest BCUT2D eigenvalue weighted by Gasteiger charge is -2.16. The molecule has 0 amide bonds. The highest BCUT2D eigenvalue weighted by molar-refractivity contribution is 5.89. The second-order valence-electron chi connectivity index (χ2n) is 5.03. The number of aliphatic hydroxyl groups excluding tert-OH is 1. The van der Waals surface area contributed by atoms with Crippen LogP contribution in [0.2, 0.25) is 0 Å². The summed E-state index contributed by atoms with van der Waals surface area (Å²) in [7, 11) is 0. The molecule has 0 radical (unpaired) electrons. The van der Waals surface area contributed by atoms with Crippen LogP contribution in [0.4, 0.5) is 0 Å². The van der Waals surface area contributed by atoms with Crippen LogP contribution in [0.3, 0.4) is 0 Å². The number of pyridine rings is 1. The van der Waals surface area contributed by atoms with Crippen LogP contribution in [0.25, 0.3) is 10.8 Å². The van der Waals surface area contributed by atoms with E-state index in [0.717, 1.165) is 27.6 Å². The van der Waals surface area contributed by atoms with Gasteiger partial charge < -0.3 is 9.84 Å². The first-order chi connectivity index (χ1) is 10.3. The zero-order chi connectivity index (χ0) is 14.7. The first-order valence-corrected chi connectivity index (χ1v) is 6.97. The first kappa shape index (κ1) is 13.6. The van der Waals surface area contributed by atoms with Gasteiger partial charge in [0.25, 0.3) is 0 Å². The highest BCUT2D eigenvalue weighted by Gasteiger charge is 2.13. The Bertz CT molecular complexity index is 739. The van der Waals surface area contributed by atoms with E-state index in [2.05, 4.69) is 4.98 Å². The van der Waals surface area contributed by atoms with Crippen LogP contribution >= 0.6 is 0 Å². The lowest BCUT2D eigenvalue weighted by atomic mass is 10.0. The third-order valence-electron chi connectivity index (χ3n) is 3.47. The van der Waals surface area contributed by atoms with Crippen LogP contribution in [0.1, 0.15) is 24.2 Å². The van der Waals surface area contributed by atoms with Crippen molar-refractivity contribution in [2.75, 3.05) is 0 Å². The van der Waals surface area contributed by atoms with Crippen molar-refractivity contribution in [2.24, 2.45) is 0 Å². The molecule has 1 aromatic heterocycles. The predicted octanol–water partition coefficient (Wildman–Crippen LogP) is 3.87. The van der Waals surface area contributed by atoms with Gasteiger partial charge in [-0.25, -0.2) is 0 Å². The summed E-state index contributed by atoms with van der Waals surface area (Å²) in [4.78, 5) is 4.09. The minimum absolute atomic E-state index is 0.432. The number of aliphatic hydroxyl groups is 1. The van der Waals surface area contributed by atoms with Crippen molar-refractivity contribution in [2.45, 2.75) is 19.6 Å². The average molecular weight is 279 g/mol. The van der Waals surface area contributed by atoms with E-state index in [1.165, 1.54) is 0 Å². The lowest BCUT2D eigenvalue weighted by molar-refractivity contribution is 0.191. The number of aromatic nitrogens is 1. The van der Waals surface area contributed by atoms with Gasteiger partial charge in [0.15, 0.2) is 0 Å². The van der Waals surface area contributed by atoms with E-state index in [9.17, 15) is 5.11 Å². The van der Waals surface area contributed by atoms with Crippen molar-refractivity contribution in [3.05, 3.63) is 72.1 Å². The van der Waals surface area contributed by atoms with E-state index in [0.29, 0.717) is 6.61 Å². The maximum absolute atomic E-state index is 9.97. The quantitative estimate of drug-likeness (QED) is 0.788. The molecule has 1 heterocycles. The summed E-state index contributed by atoms with van der Waals surface area (Å²) in [5, 5.41) is 12.1. The highest BCUT2D eigenvalue weighted by atomic mass is 16.5. The molecule has 21 heavy (non-hydrogen) atoms. The summed E-state index contributed by atoms with van der Waals surface area (Å²) in [5.41, 5.74) is 1.81. The average Bonchev–Trinajstić information content (AvgIpc) is 2.53. The van der Waals surface area contributed by atoms with Crippen LogP contribution < -0.4 is 4.74 Å². The van der Waals surface area contributed by atoms with Gasteiger partial charge in [-0.3, -0.25) is 4.98 Å². The van der Waals surface area contributed by atoms with Gasteiger partial charge in [-0.2, -0.15) is 0 Å². The minimum atomic E-state index is -0.571. The second kappa shape index (κ2) is 5.94. The fourth-order valence-electron chi connectivity index (χ4n) is 2.39. The number of ether oxygens (including phenoxy) is 1. The molecule has 2 aromatic carbocycles. The van der Waals surface area contributed by atoms with Gasteiger partial charge in [0, 0.05) is 28.9 Å². The monoisotopic (exact) mass is 279 g/mol. The molecule has 3 nitrogen and oxygen atoms in total. The van der Waals surface area contributed by atoms with E-state index < -0.39 is 6.10 Å². The number of hydrogen-bond acceptors (Lipinski definition) is 3. The van der Waals surface area contributed by atoms with Crippen LogP contribution in [-0.4, -0.2) is 10.1 Å². The molecule has 1 N–H and O–H groups in total. The van der Waals surface area contributed by atoms with Gasteiger partial charge in [-0.15, -0.1) is 0 Å². The van der Waals surface area contributed by atoms with Crippen molar-refractivity contribution in [3.8, 4) is 5.75 Å². The van der Waals surface area contributed by atoms with Gasteiger partial charge in [0.2, 0.25) is 0 Å². The Morgan fingerprint density at radius 2 is 1.95 bits per heavy atom. The fourth-order valence-corrected chi connectivity index (χ4v) is 2.39. The Kier molecular flexibility index (Phi) is 3.84. The Morgan fingerprint density at radius 1 is 1.10 bits per heavy atom. The number of hydrogen-bond donors (Lipinski definition) is 1. The molecule has 0 bridgehead atoms. The number of nitrogens with zero attached hydrogens (tertiary/aromatic N) is 1. The molecular weight excluding hydrogens is 262 g/mol. The summed E-state index contributed by atoms with van der Waals surface area (Å²) in [6.07, 6.45) is 2.95. The topological polar surface area (TPSA) is 42.4 Å². The summed E-state index contributed by atoms with van der Waals surface area (Å²) in [6.45, 7) is 2.18. The Hall–Kier alpha value is -2.39. The van der Waals surface area contributed by atoms with Crippen LogP contribution in [0.15, 0.2) is 60.9 Å². The summed E-state index contributed by atoms with van der Waals surface area (Å²) in [6, 6.07) is 15.8. The fraction of sp³-hybridized carbons (Fsp3) is 0.167. The van der Waals surface area contributed by atoms with Gasteiger partial charge >= 0.3 is 0 Å². The SMILES string of the molecule is CC(O)c1ccc2ccccc2c1OCc1cccnc1. The summed E-state index contributed by atoms with van der Waals surface area (Å²) < 4.78 is 6.00. The summed E-state index contributed by atoms with van der Waals surface area (Å²) in [5.74, 6) is 0.743. The molecule has 0 aliphatic carbocycles. The Morgan fingerprint density at radius 3 is 2.71 bits per heavy atom. The molecule has 3 rings (SSSR count). The Balaban J connectivity index is 2.00. The molecule has 3 heteroatoms. The van der Waals surface area contributed by atoms with Crippen LogP contribution in [0.5, 0.6) is 5.75 Å². The normalized spacial score (nSPS) is 12.3. The molecule has 3 aromatic rings. The van der Waals surface area contributed by atoms with Crippen molar-refractivity contribution >= 4 is 10.8 Å². The summed E-state index contributed by atoms with van der Waals surface area (Å²) >= 11 is 0. The third-order valence-corrected chi connectivity index (χ3v) is 3.47. The Labute approximate surface area is 123 Å². The molecule has 1 atom stereocenters. The van der Waals surface area contributed by atoms with Gasteiger partial charge in [-0.1, -0.05) is 42.5 Å². The molecule has 0 aliphatic rings. The predicted molar refractivity (Wildman–Crippen MR) is 83.2 cm³/mol. The zero-order valence-corrected chi connectivity index (χ0v) is 11.9. The standard InChI is InChI=1S/C18H17NO2/c1-13(20)16-9-8-15-6-2-3-7-17(15)18(16)21-12-14-5-4-10-19-11-14/h2-11,13,20H,12H2,1H3. The van der Waals surface area contributed by atoms with Crippen LogP contribution in [0, 0.1) is 0 Å². The van der Waals surface area contributed by atoms with Crippen LogP contribution in [-0.2, 0) is 6.61 Å². The second-order valence-corrected chi connectivity index (χ2v) is 5.03. The van der Waals surface area contributed by atoms with Gasteiger partial charge in [0.1, 0.15) is 12.4 Å². The highest BCUT2D eigenvalue weighted by Crippen LogP contribution is 2.34. The largest absolute Gasteiger partial charge is 0.488 e. The maximum atomic E-state index is 9.97. The third kappa shape index (κ3) is 2.88. The first-order valence-electron chi connectivity index (χ1n) is 6.97. The smallest absolute Gasteiger partial charge is 0.133 e. The zero-order valence-electron chi connectivity index (χ0n) is 11.9. The molecule has 0 aliphatic heterocycles. The van der Waals surface area contributed by atoms with Gasteiger partial charge in [0.05, 0.1) is 6.10 Å². The minimum Gasteiger partial charge on any atom is -0.488 e. The van der Waals surface area contributed by atoms with E-state index in [1.54, 1.807) is 19.3 Å². The molecule has 0 fully saturated rings. The van der Waals surface area contributed by atoms with E-state index in [1.807, 2.05) is 48.5 Å². The van der Waals surface area contributed by atoms with Crippen molar-refractivity contribution in [3.63, 3.8) is 0 Å². The number of fused-ring (bicyclic) bond motifs is 1. The van der Waals surface area contributed by atoms with Crippen molar-refractivity contribution in [1.29, 1.82) is 0 Å². The molecule has 0 spiro atoms. The van der Waals surface area contributed by atoms with E-state index in [-0.39, 0.29) is 0 Å². The molecular formula is C18H17NO2. The molecule has 106 valence electrons. The molecule has 0 saturated heterocycles. The molecule has 0 saturated carbocycles. The van der Waals surface area contributed by atoms with E-state index >= 15 is 0 Å².